The second kappa shape index (κ2) is 5.25. The lowest BCUT2D eigenvalue weighted by atomic mass is 10.1. The highest BCUT2D eigenvalue weighted by atomic mass is 32.1. The minimum absolute atomic E-state index is 0.0194. The summed E-state index contributed by atoms with van der Waals surface area (Å²) in [7, 11) is 0. The molecule has 2 nitrogen and oxygen atoms in total. The second-order valence-electron chi connectivity index (χ2n) is 3.22. The molecule has 0 aliphatic rings. The molecule has 12 heavy (non-hydrogen) atoms. The van der Waals surface area contributed by atoms with Gasteiger partial charge in [0.25, 0.3) is 0 Å². The van der Waals surface area contributed by atoms with Crippen molar-refractivity contribution in [3.63, 3.8) is 0 Å². The van der Waals surface area contributed by atoms with Gasteiger partial charge < -0.3 is 5.32 Å². The normalized spacial score (nSPS) is 15.4. The Morgan fingerprint density at radius 2 is 2.00 bits per heavy atom. The predicted molar refractivity (Wildman–Crippen MR) is 55.4 cm³/mol. The van der Waals surface area contributed by atoms with Crippen molar-refractivity contribution >= 4 is 18.5 Å². The highest BCUT2D eigenvalue weighted by molar-refractivity contribution is 7.81. The predicted octanol–water partition coefficient (Wildman–Crippen LogP) is 1.63. The SMILES string of the molecule is C=CC(C)NC(=O)C(S)C(C)C. The van der Waals surface area contributed by atoms with Crippen molar-refractivity contribution < 1.29 is 4.79 Å². The van der Waals surface area contributed by atoms with E-state index in [0.29, 0.717) is 0 Å². The molecule has 0 rings (SSSR count). The Morgan fingerprint density at radius 1 is 1.50 bits per heavy atom. The Balaban J connectivity index is 3.95. The van der Waals surface area contributed by atoms with Gasteiger partial charge in [-0.25, -0.2) is 0 Å². The molecule has 1 N–H and O–H groups in total. The van der Waals surface area contributed by atoms with Crippen molar-refractivity contribution in [1.82, 2.24) is 5.32 Å². The molecular formula is C9H17NOS. The van der Waals surface area contributed by atoms with Crippen molar-refractivity contribution in [2.75, 3.05) is 0 Å². The van der Waals surface area contributed by atoms with Crippen LogP contribution in [0.4, 0.5) is 0 Å². The first-order valence-electron chi connectivity index (χ1n) is 4.10. The van der Waals surface area contributed by atoms with Gasteiger partial charge in [0.1, 0.15) is 0 Å². The highest BCUT2D eigenvalue weighted by Gasteiger charge is 2.17. The zero-order valence-corrected chi connectivity index (χ0v) is 8.77. The maximum Gasteiger partial charge on any atom is 0.233 e. The smallest absolute Gasteiger partial charge is 0.233 e. The second-order valence-corrected chi connectivity index (χ2v) is 3.78. The van der Waals surface area contributed by atoms with Crippen LogP contribution < -0.4 is 5.32 Å². The molecule has 0 aromatic carbocycles. The van der Waals surface area contributed by atoms with E-state index >= 15 is 0 Å². The summed E-state index contributed by atoms with van der Waals surface area (Å²) >= 11 is 4.19. The van der Waals surface area contributed by atoms with E-state index in [0.717, 1.165) is 0 Å². The van der Waals surface area contributed by atoms with Crippen LogP contribution >= 0.6 is 12.6 Å². The Labute approximate surface area is 79.8 Å². The molecule has 0 bridgehead atoms. The molecule has 0 saturated carbocycles. The number of thiol groups is 1. The van der Waals surface area contributed by atoms with Crippen LogP contribution in [0.2, 0.25) is 0 Å². The summed E-state index contributed by atoms with van der Waals surface area (Å²) in [5.74, 6) is 0.228. The van der Waals surface area contributed by atoms with Crippen LogP contribution in [0.15, 0.2) is 12.7 Å². The summed E-state index contributed by atoms with van der Waals surface area (Å²) in [6.07, 6.45) is 1.69. The van der Waals surface area contributed by atoms with Crippen molar-refractivity contribution in [3.05, 3.63) is 12.7 Å². The monoisotopic (exact) mass is 187 g/mol. The van der Waals surface area contributed by atoms with Gasteiger partial charge in [0.15, 0.2) is 0 Å². The molecule has 2 atom stereocenters. The van der Waals surface area contributed by atoms with Crippen LogP contribution in [0.1, 0.15) is 20.8 Å². The number of rotatable bonds is 4. The molecule has 0 aromatic heterocycles. The number of carbonyl (C=O) groups is 1. The quantitative estimate of drug-likeness (QED) is 0.508. The maximum absolute atomic E-state index is 11.3. The van der Waals surface area contributed by atoms with E-state index in [1.165, 1.54) is 0 Å². The van der Waals surface area contributed by atoms with Crippen LogP contribution in [0.3, 0.4) is 0 Å². The fourth-order valence-corrected chi connectivity index (χ4v) is 0.746. The van der Waals surface area contributed by atoms with Crippen LogP contribution in [0, 0.1) is 5.92 Å². The first-order valence-corrected chi connectivity index (χ1v) is 4.61. The average Bonchev–Trinajstić information content (AvgIpc) is 2.02. The zero-order valence-electron chi connectivity index (χ0n) is 7.87. The summed E-state index contributed by atoms with van der Waals surface area (Å²) < 4.78 is 0. The number of hydrogen-bond donors (Lipinski definition) is 2. The lowest BCUT2D eigenvalue weighted by Gasteiger charge is -2.16. The molecule has 0 spiro atoms. The van der Waals surface area contributed by atoms with Crippen LogP contribution in [-0.4, -0.2) is 17.2 Å². The van der Waals surface area contributed by atoms with Gasteiger partial charge in [-0.15, -0.1) is 6.58 Å². The molecule has 0 aromatic rings. The third kappa shape index (κ3) is 3.81. The molecule has 0 heterocycles. The van der Waals surface area contributed by atoms with Gasteiger partial charge in [0.2, 0.25) is 5.91 Å². The molecule has 0 aliphatic carbocycles. The molecule has 0 fully saturated rings. The Morgan fingerprint density at radius 3 is 2.33 bits per heavy atom. The summed E-state index contributed by atoms with van der Waals surface area (Å²) in [6, 6.07) is 0.0194. The number of hydrogen-bond acceptors (Lipinski definition) is 2. The summed E-state index contributed by atoms with van der Waals surface area (Å²) in [5.41, 5.74) is 0. The van der Waals surface area contributed by atoms with Gasteiger partial charge >= 0.3 is 0 Å². The van der Waals surface area contributed by atoms with Crippen molar-refractivity contribution in [1.29, 1.82) is 0 Å². The van der Waals surface area contributed by atoms with E-state index in [9.17, 15) is 4.79 Å². The molecule has 3 heteroatoms. The Bertz CT molecular complexity index is 168. The van der Waals surface area contributed by atoms with E-state index < -0.39 is 0 Å². The highest BCUT2D eigenvalue weighted by Crippen LogP contribution is 2.08. The van der Waals surface area contributed by atoms with Crippen LogP contribution in [0.25, 0.3) is 0 Å². The molecule has 0 radical (unpaired) electrons. The standard InChI is InChI=1S/C9H17NOS/c1-5-7(4)10-9(11)8(12)6(2)3/h5-8,12H,1H2,2-4H3,(H,10,11). The third-order valence-corrected chi connectivity index (χ3v) is 2.45. The minimum Gasteiger partial charge on any atom is -0.349 e. The Hall–Kier alpha value is -0.440. The molecule has 2 unspecified atom stereocenters. The average molecular weight is 187 g/mol. The van der Waals surface area contributed by atoms with Gasteiger partial charge in [-0.05, 0) is 12.8 Å². The fraction of sp³-hybridized carbons (Fsp3) is 0.667. The van der Waals surface area contributed by atoms with Crippen molar-refractivity contribution in [2.45, 2.75) is 32.1 Å². The minimum atomic E-state index is -0.229. The van der Waals surface area contributed by atoms with Gasteiger partial charge in [0.05, 0.1) is 5.25 Å². The molecule has 0 aliphatic heterocycles. The molecule has 0 saturated heterocycles. The van der Waals surface area contributed by atoms with Crippen molar-refractivity contribution in [2.24, 2.45) is 5.92 Å². The van der Waals surface area contributed by atoms with E-state index in [2.05, 4.69) is 24.5 Å². The fourth-order valence-electron chi connectivity index (χ4n) is 0.671. The van der Waals surface area contributed by atoms with Gasteiger partial charge in [0, 0.05) is 6.04 Å². The largest absolute Gasteiger partial charge is 0.349 e. The summed E-state index contributed by atoms with van der Waals surface area (Å²) in [4.78, 5) is 11.3. The van der Waals surface area contributed by atoms with Crippen LogP contribution in [0.5, 0.6) is 0 Å². The van der Waals surface area contributed by atoms with E-state index in [1.54, 1.807) is 6.08 Å². The van der Waals surface area contributed by atoms with Gasteiger partial charge in [-0.2, -0.15) is 12.6 Å². The Kier molecular flexibility index (Phi) is 5.06. The van der Waals surface area contributed by atoms with E-state index in [1.807, 2.05) is 20.8 Å². The topological polar surface area (TPSA) is 29.1 Å². The lowest BCUT2D eigenvalue weighted by molar-refractivity contribution is -0.121. The zero-order chi connectivity index (χ0) is 9.72. The first kappa shape index (κ1) is 11.6. The summed E-state index contributed by atoms with van der Waals surface area (Å²) in [6.45, 7) is 9.40. The molecule has 1 amide bonds. The van der Waals surface area contributed by atoms with Gasteiger partial charge in [-0.1, -0.05) is 19.9 Å². The molecule has 70 valence electrons. The van der Waals surface area contributed by atoms with Crippen molar-refractivity contribution in [3.8, 4) is 0 Å². The lowest BCUT2D eigenvalue weighted by Crippen LogP contribution is -2.38. The maximum atomic E-state index is 11.3. The number of amides is 1. The number of nitrogens with one attached hydrogen (secondary N) is 1. The summed E-state index contributed by atoms with van der Waals surface area (Å²) in [5, 5.41) is 2.55. The third-order valence-electron chi connectivity index (χ3n) is 1.62. The van der Waals surface area contributed by atoms with Crippen LogP contribution in [-0.2, 0) is 4.79 Å². The van der Waals surface area contributed by atoms with E-state index in [-0.39, 0.29) is 23.1 Å². The molecular weight excluding hydrogens is 170 g/mol. The number of carbonyl (C=O) groups excluding carboxylic acids is 1. The first-order chi connectivity index (χ1) is 5.49. The van der Waals surface area contributed by atoms with Gasteiger partial charge in [-0.3, -0.25) is 4.79 Å². The van der Waals surface area contributed by atoms with E-state index in [4.69, 9.17) is 0 Å².